The predicted octanol–water partition coefficient (Wildman–Crippen LogP) is 2.49. The Morgan fingerprint density at radius 3 is 2.97 bits per heavy atom. The first-order valence-electron chi connectivity index (χ1n) is 9.91. The lowest BCUT2D eigenvalue weighted by Gasteiger charge is -2.37. The minimum absolute atomic E-state index is 0.105. The van der Waals surface area contributed by atoms with E-state index in [9.17, 15) is 9.18 Å². The second-order valence-corrected chi connectivity index (χ2v) is 7.88. The molecule has 1 saturated carbocycles. The average molecular weight is 394 g/mol. The number of nitrogens with one attached hydrogen (secondary N) is 2. The van der Waals surface area contributed by atoms with Gasteiger partial charge in [-0.15, -0.1) is 0 Å². The summed E-state index contributed by atoms with van der Waals surface area (Å²) in [7, 11) is 0. The fourth-order valence-corrected chi connectivity index (χ4v) is 4.53. The molecule has 0 radical (unpaired) electrons. The van der Waals surface area contributed by atoms with Crippen molar-refractivity contribution in [2.75, 3.05) is 11.4 Å². The number of carbonyl (C=O) groups is 1. The zero-order chi connectivity index (χ0) is 19.5. The number of nitrogens with zero attached hydrogens (tertiary/aromatic N) is 4. The molecule has 3 aliphatic rings. The normalized spacial score (nSPS) is 25.6. The van der Waals surface area contributed by atoms with Crippen LogP contribution in [-0.4, -0.2) is 44.8 Å². The third-order valence-corrected chi connectivity index (χ3v) is 6.18. The number of halogens is 1. The number of pyridine rings is 2. The molecule has 3 aromatic heterocycles. The summed E-state index contributed by atoms with van der Waals surface area (Å²) < 4.78 is 20.3. The van der Waals surface area contributed by atoms with E-state index in [0.717, 1.165) is 43.2 Å². The van der Waals surface area contributed by atoms with E-state index in [-0.39, 0.29) is 24.1 Å². The van der Waals surface area contributed by atoms with E-state index < -0.39 is 5.82 Å². The zero-order valence-corrected chi connectivity index (χ0v) is 15.6. The fraction of sp³-hybridized carbons (Fsp3) is 0.400. The molecular weight excluding hydrogens is 375 g/mol. The van der Waals surface area contributed by atoms with Crippen molar-refractivity contribution in [2.24, 2.45) is 0 Å². The molecule has 29 heavy (non-hydrogen) atoms. The molecule has 148 valence electrons. The number of fused-ring (bicyclic) bond motifs is 6. The van der Waals surface area contributed by atoms with E-state index in [1.54, 1.807) is 6.20 Å². The van der Waals surface area contributed by atoms with E-state index in [0.29, 0.717) is 22.9 Å². The Labute approximate surface area is 165 Å². The second-order valence-electron chi connectivity index (χ2n) is 7.88. The van der Waals surface area contributed by atoms with Crippen LogP contribution in [0.4, 0.5) is 10.2 Å². The summed E-state index contributed by atoms with van der Waals surface area (Å²) in [5.41, 5.74) is 1.83. The first-order chi connectivity index (χ1) is 14.2. The van der Waals surface area contributed by atoms with Gasteiger partial charge in [-0.2, -0.15) is 5.10 Å². The molecule has 1 aliphatic carbocycles. The Kier molecular flexibility index (Phi) is 3.53. The number of amides is 1. The standard InChI is InChI=1S/C20H19FN6O2/c21-11-7-12-15-2-1-5-27(15)18-13-6-10(8-22-17(13)25-26-18)19(28)24-14-3-4-16(14)29-20(12)23-9-11/h6-9,14-16H,1-5H2,(H,24,28)(H,22,25,26)/t14?,15-,16?/m1/s1. The van der Waals surface area contributed by atoms with Crippen LogP contribution in [0.5, 0.6) is 5.88 Å². The molecule has 2 bridgehead atoms. The van der Waals surface area contributed by atoms with Crippen molar-refractivity contribution in [1.29, 1.82) is 0 Å². The Bertz CT molecular complexity index is 1130. The summed E-state index contributed by atoms with van der Waals surface area (Å²) in [6.07, 6.45) is 5.98. The summed E-state index contributed by atoms with van der Waals surface area (Å²) in [6.45, 7) is 0.767. The zero-order valence-electron chi connectivity index (χ0n) is 15.6. The summed E-state index contributed by atoms with van der Waals surface area (Å²) >= 11 is 0. The van der Waals surface area contributed by atoms with Gasteiger partial charge in [0.25, 0.3) is 5.91 Å². The quantitative estimate of drug-likeness (QED) is 0.608. The molecular formula is C20H19FN6O2. The van der Waals surface area contributed by atoms with Gasteiger partial charge in [0.2, 0.25) is 5.88 Å². The Morgan fingerprint density at radius 2 is 2.10 bits per heavy atom. The average Bonchev–Trinajstić information content (AvgIpc) is 3.35. The lowest BCUT2D eigenvalue weighted by atomic mass is 9.88. The van der Waals surface area contributed by atoms with Crippen LogP contribution in [-0.2, 0) is 0 Å². The molecule has 1 saturated heterocycles. The van der Waals surface area contributed by atoms with Crippen LogP contribution in [0.15, 0.2) is 24.5 Å². The predicted molar refractivity (Wildman–Crippen MR) is 102 cm³/mol. The first kappa shape index (κ1) is 16.7. The maximum atomic E-state index is 14.1. The molecule has 3 aromatic rings. The second kappa shape index (κ2) is 6.13. The number of aromatic amines is 1. The van der Waals surface area contributed by atoms with Gasteiger partial charge in [-0.25, -0.2) is 14.4 Å². The third-order valence-electron chi connectivity index (χ3n) is 6.18. The van der Waals surface area contributed by atoms with Gasteiger partial charge in [0, 0.05) is 18.3 Å². The van der Waals surface area contributed by atoms with Crippen molar-refractivity contribution in [3.63, 3.8) is 0 Å². The highest BCUT2D eigenvalue weighted by Crippen LogP contribution is 2.42. The van der Waals surface area contributed by atoms with E-state index >= 15 is 0 Å². The summed E-state index contributed by atoms with van der Waals surface area (Å²) in [6, 6.07) is 3.12. The monoisotopic (exact) mass is 394 g/mol. The maximum Gasteiger partial charge on any atom is 0.253 e. The van der Waals surface area contributed by atoms with Crippen molar-refractivity contribution in [2.45, 2.75) is 43.9 Å². The Morgan fingerprint density at radius 1 is 1.17 bits per heavy atom. The van der Waals surface area contributed by atoms with Crippen LogP contribution >= 0.6 is 0 Å². The van der Waals surface area contributed by atoms with Gasteiger partial charge in [0.1, 0.15) is 11.9 Å². The minimum atomic E-state index is -0.391. The van der Waals surface area contributed by atoms with Gasteiger partial charge >= 0.3 is 0 Å². The number of hydrogen-bond acceptors (Lipinski definition) is 6. The van der Waals surface area contributed by atoms with Crippen molar-refractivity contribution < 1.29 is 13.9 Å². The van der Waals surface area contributed by atoms with E-state index in [1.165, 1.54) is 12.3 Å². The van der Waals surface area contributed by atoms with Crippen LogP contribution < -0.4 is 15.0 Å². The van der Waals surface area contributed by atoms with Gasteiger partial charge in [0.15, 0.2) is 11.5 Å². The van der Waals surface area contributed by atoms with Crippen LogP contribution in [0.3, 0.4) is 0 Å². The van der Waals surface area contributed by atoms with Gasteiger partial charge < -0.3 is 15.0 Å². The van der Waals surface area contributed by atoms with Gasteiger partial charge in [-0.1, -0.05) is 0 Å². The number of anilines is 1. The Balaban J connectivity index is 1.55. The van der Waals surface area contributed by atoms with Crippen LogP contribution in [0.25, 0.3) is 11.0 Å². The molecule has 2 N–H and O–H groups in total. The number of rotatable bonds is 0. The molecule has 8 nitrogen and oxygen atoms in total. The summed E-state index contributed by atoms with van der Waals surface area (Å²) in [5, 5.41) is 11.2. The van der Waals surface area contributed by atoms with E-state index in [2.05, 4.69) is 30.4 Å². The van der Waals surface area contributed by atoms with E-state index in [4.69, 9.17) is 4.74 Å². The number of aromatic nitrogens is 4. The fourth-order valence-electron chi connectivity index (χ4n) is 4.53. The number of ether oxygens (including phenoxy) is 1. The van der Waals surface area contributed by atoms with Crippen molar-refractivity contribution in [3.8, 4) is 5.88 Å². The number of carbonyl (C=O) groups excluding carboxylic acids is 1. The van der Waals surface area contributed by atoms with Gasteiger partial charge in [-0.05, 0) is 37.8 Å². The molecule has 1 amide bonds. The third kappa shape index (κ3) is 2.56. The molecule has 6 rings (SSSR count). The molecule has 3 atom stereocenters. The minimum Gasteiger partial charge on any atom is -0.472 e. The van der Waals surface area contributed by atoms with Crippen LogP contribution in [0.1, 0.15) is 47.6 Å². The first-order valence-corrected chi connectivity index (χ1v) is 9.91. The number of H-pyrrole nitrogens is 1. The summed E-state index contributed by atoms with van der Waals surface area (Å²) in [4.78, 5) is 23.5. The topological polar surface area (TPSA) is 96.0 Å². The van der Waals surface area contributed by atoms with Crippen LogP contribution in [0.2, 0.25) is 0 Å². The van der Waals surface area contributed by atoms with Crippen molar-refractivity contribution >= 4 is 22.8 Å². The SMILES string of the molecule is O=C1NC2CCC2Oc2ncc(F)cc2[C@H]2CCCN2c2n[nH]c3ncc1cc23. The molecule has 2 fully saturated rings. The molecule has 0 aromatic carbocycles. The smallest absolute Gasteiger partial charge is 0.253 e. The van der Waals surface area contributed by atoms with Gasteiger partial charge in [0.05, 0.1) is 29.2 Å². The lowest BCUT2D eigenvalue weighted by Crippen LogP contribution is -2.53. The largest absolute Gasteiger partial charge is 0.472 e. The summed E-state index contributed by atoms with van der Waals surface area (Å²) in [5.74, 6) is 0.567. The lowest BCUT2D eigenvalue weighted by molar-refractivity contribution is 0.0569. The van der Waals surface area contributed by atoms with Gasteiger partial charge in [-0.3, -0.25) is 9.89 Å². The highest BCUT2D eigenvalue weighted by Gasteiger charge is 2.38. The Hall–Kier alpha value is -3.23. The molecule has 2 unspecified atom stereocenters. The molecule has 9 heteroatoms. The molecule has 2 aliphatic heterocycles. The van der Waals surface area contributed by atoms with E-state index in [1.807, 2.05) is 6.07 Å². The highest BCUT2D eigenvalue weighted by atomic mass is 19.1. The maximum absolute atomic E-state index is 14.1. The highest BCUT2D eigenvalue weighted by molar-refractivity contribution is 5.99. The van der Waals surface area contributed by atoms with Crippen molar-refractivity contribution in [3.05, 3.63) is 41.5 Å². The molecule has 0 spiro atoms. The van der Waals surface area contributed by atoms with Crippen molar-refractivity contribution in [1.82, 2.24) is 25.5 Å². The number of hydrogen-bond donors (Lipinski definition) is 2. The van der Waals surface area contributed by atoms with Crippen LogP contribution in [0, 0.1) is 5.82 Å². The molecule has 5 heterocycles.